The maximum atomic E-state index is 13.6. The second kappa shape index (κ2) is 11.3. The Morgan fingerprint density at radius 2 is 1.71 bits per heavy atom. The van der Waals surface area contributed by atoms with E-state index in [2.05, 4.69) is 10.6 Å². The van der Waals surface area contributed by atoms with E-state index in [9.17, 15) is 23.6 Å². The van der Waals surface area contributed by atoms with Crippen molar-refractivity contribution in [2.45, 2.75) is 70.2 Å². The first-order valence-electron chi connectivity index (χ1n) is 13.1. The molecule has 5 rings (SSSR count). The first kappa shape index (κ1) is 25.8. The van der Waals surface area contributed by atoms with Crippen molar-refractivity contribution in [1.29, 1.82) is 0 Å². The third-order valence-corrected chi connectivity index (χ3v) is 7.27. The van der Waals surface area contributed by atoms with Crippen molar-refractivity contribution < 1.29 is 18.7 Å². The van der Waals surface area contributed by atoms with Crippen molar-refractivity contribution in [2.75, 3.05) is 11.9 Å². The molecule has 1 atom stereocenters. The zero-order valence-electron chi connectivity index (χ0n) is 21.1. The predicted molar refractivity (Wildman–Crippen MR) is 141 cm³/mol. The molecule has 1 aromatic heterocycles. The van der Waals surface area contributed by atoms with Gasteiger partial charge in [-0.1, -0.05) is 19.3 Å². The molecule has 38 heavy (non-hydrogen) atoms. The van der Waals surface area contributed by atoms with Crippen LogP contribution in [0.2, 0.25) is 0 Å². The number of hydrogen-bond acceptors (Lipinski definition) is 5. The summed E-state index contributed by atoms with van der Waals surface area (Å²) < 4.78 is 21.2. The maximum absolute atomic E-state index is 13.6. The molecule has 1 unspecified atom stereocenters. The summed E-state index contributed by atoms with van der Waals surface area (Å²) in [4.78, 5) is 52.9. The fraction of sp³-hybridized carbons (Fsp3) is 0.429. The second-order valence-corrected chi connectivity index (χ2v) is 10.0. The summed E-state index contributed by atoms with van der Waals surface area (Å²) in [6.45, 7) is 0.254. The molecule has 3 aromatic rings. The van der Waals surface area contributed by atoms with Gasteiger partial charge in [0.2, 0.25) is 5.91 Å². The van der Waals surface area contributed by atoms with E-state index in [0.717, 1.165) is 49.5 Å². The molecule has 0 bridgehead atoms. The molecule has 1 aliphatic heterocycles. The number of halogens is 1. The highest BCUT2D eigenvalue weighted by molar-refractivity contribution is 5.98. The number of amides is 2. The highest BCUT2D eigenvalue weighted by Crippen LogP contribution is 2.19. The minimum atomic E-state index is -0.655. The van der Waals surface area contributed by atoms with Crippen LogP contribution in [0.4, 0.5) is 10.1 Å². The molecule has 0 radical (unpaired) electrons. The lowest BCUT2D eigenvalue weighted by Gasteiger charge is -2.23. The van der Waals surface area contributed by atoms with Crippen LogP contribution in [-0.4, -0.2) is 39.7 Å². The van der Waals surface area contributed by atoms with Gasteiger partial charge in [0.15, 0.2) is 0 Å². The van der Waals surface area contributed by atoms with Gasteiger partial charge in [0.25, 0.3) is 11.5 Å². The Kier molecular flexibility index (Phi) is 7.69. The fourth-order valence-corrected chi connectivity index (χ4v) is 5.26. The zero-order valence-corrected chi connectivity index (χ0v) is 21.1. The quantitative estimate of drug-likeness (QED) is 0.495. The minimum absolute atomic E-state index is 0.0805. The van der Waals surface area contributed by atoms with Crippen molar-refractivity contribution in [3.63, 3.8) is 0 Å². The van der Waals surface area contributed by atoms with Gasteiger partial charge in [-0.25, -0.2) is 9.18 Å². The number of benzene rings is 2. The lowest BCUT2D eigenvalue weighted by atomic mass is 9.95. The molecule has 1 saturated carbocycles. The summed E-state index contributed by atoms with van der Waals surface area (Å²) in [6.07, 6.45) is 6.44. The maximum Gasteiger partial charge on any atom is 0.332 e. The first-order chi connectivity index (χ1) is 18.4. The van der Waals surface area contributed by atoms with Crippen LogP contribution in [0.15, 0.2) is 52.1 Å². The number of ether oxygens (including phenoxy) is 1. The lowest BCUT2D eigenvalue weighted by molar-refractivity contribution is -0.116. The SMILES string of the molecule is O=C(Cn1c(=O)n(CC2CCCO2)c(=O)c2ccc(C(=O)NC3CCCCC3)cc21)Nc1ccc(F)cc1. The Morgan fingerprint density at radius 3 is 2.42 bits per heavy atom. The summed E-state index contributed by atoms with van der Waals surface area (Å²) in [5, 5.41) is 5.93. The van der Waals surface area contributed by atoms with Gasteiger partial charge in [0.1, 0.15) is 12.4 Å². The third kappa shape index (κ3) is 5.70. The van der Waals surface area contributed by atoms with Gasteiger partial charge < -0.3 is 15.4 Å². The van der Waals surface area contributed by atoms with Crippen molar-refractivity contribution >= 4 is 28.4 Å². The van der Waals surface area contributed by atoms with E-state index in [1.807, 2.05) is 0 Å². The number of carbonyl (C=O) groups is 2. The topological polar surface area (TPSA) is 111 Å². The number of anilines is 1. The van der Waals surface area contributed by atoms with E-state index in [0.29, 0.717) is 17.9 Å². The average molecular weight is 523 g/mol. The Labute approximate surface area is 218 Å². The van der Waals surface area contributed by atoms with Gasteiger partial charge in [0, 0.05) is 23.9 Å². The van der Waals surface area contributed by atoms with Crippen molar-refractivity contribution in [3.8, 4) is 0 Å². The molecule has 1 saturated heterocycles. The lowest BCUT2D eigenvalue weighted by Crippen LogP contribution is -2.44. The van der Waals surface area contributed by atoms with Crippen molar-refractivity contribution in [2.24, 2.45) is 0 Å². The van der Waals surface area contributed by atoms with E-state index in [1.165, 1.54) is 41.0 Å². The predicted octanol–water partition coefficient (Wildman–Crippen LogP) is 3.18. The van der Waals surface area contributed by atoms with Gasteiger partial charge in [-0.15, -0.1) is 0 Å². The minimum Gasteiger partial charge on any atom is -0.376 e. The molecule has 2 aromatic carbocycles. The molecule has 2 aliphatic rings. The Bertz CT molecular complexity index is 1450. The van der Waals surface area contributed by atoms with E-state index in [1.54, 1.807) is 6.07 Å². The summed E-state index contributed by atoms with van der Waals surface area (Å²) in [5.41, 5.74) is -0.262. The molecular weight excluding hydrogens is 491 g/mol. The fourth-order valence-electron chi connectivity index (χ4n) is 5.26. The molecule has 2 heterocycles. The van der Waals surface area contributed by atoms with Crippen LogP contribution in [0.25, 0.3) is 10.9 Å². The van der Waals surface area contributed by atoms with Crippen LogP contribution in [0.3, 0.4) is 0 Å². The first-order valence-corrected chi connectivity index (χ1v) is 13.1. The number of nitrogens with zero attached hydrogens (tertiary/aromatic N) is 2. The molecule has 2 fully saturated rings. The van der Waals surface area contributed by atoms with Gasteiger partial charge >= 0.3 is 5.69 Å². The Morgan fingerprint density at radius 1 is 0.947 bits per heavy atom. The average Bonchev–Trinajstić information content (AvgIpc) is 3.44. The molecule has 0 spiro atoms. The Hall–Kier alpha value is -3.79. The van der Waals surface area contributed by atoms with E-state index in [-0.39, 0.29) is 35.5 Å². The van der Waals surface area contributed by atoms with Crippen LogP contribution in [0, 0.1) is 5.82 Å². The summed E-state index contributed by atoms with van der Waals surface area (Å²) in [5.74, 6) is -1.25. The molecule has 1 aliphatic carbocycles. The summed E-state index contributed by atoms with van der Waals surface area (Å²) in [6, 6.07) is 9.97. The second-order valence-electron chi connectivity index (χ2n) is 10.0. The van der Waals surface area contributed by atoms with Crippen molar-refractivity contribution in [3.05, 3.63) is 74.7 Å². The van der Waals surface area contributed by atoms with Crippen LogP contribution >= 0.6 is 0 Å². The Balaban J connectivity index is 1.51. The van der Waals surface area contributed by atoms with Gasteiger partial charge in [-0.05, 0) is 68.1 Å². The summed E-state index contributed by atoms with van der Waals surface area (Å²) in [7, 11) is 0. The van der Waals surface area contributed by atoms with Crippen LogP contribution in [0.5, 0.6) is 0 Å². The van der Waals surface area contributed by atoms with E-state index >= 15 is 0 Å². The zero-order chi connectivity index (χ0) is 26.6. The number of nitrogens with one attached hydrogen (secondary N) is 2. The molecule has 2 N–H and O–H groups in total. The molecule has 200 valence electrons. The number of aromatic nitrogens is 2. The number of carbonyl (C=O) groups excluding carboxylic acids is 2. The molecular formula is C28H31FN4O5. The number of rotatable bonds is 7. The smallest absolute Gasteiger partial charge is 0.332 e. The van der Waals surface area contributed by atoms with Crippen molar-refractivity contribution in [1.82, 2.24) is 14.5 Å². The van der Waals surface area contributed by atoms with E-state index in [4.69, 9.17) is 4.74 Å². The van der Waals surface area contributed by atoms with Gasteiger partial charge in [-0.3, -0.25) is 23.5 Å². The van der Waals surface area contributed by atoms with Gasteiger partial charge in [-0.2, -0.15) is 0 Å². The molecule has 10 heteroatoms. The third-order valence-electron chi connectivity index (χ3n) is 7.27. The number of hydrogen-bond donors (Lipinski definition) is 2. The highest BCUT2D eigenvalue weighted by atomic mass is 19.1. The normalized spacial score (nSPS) is 18.0. The van der Waals surface area contributed by atoms with Crippen LogP contribution < -0.4 is 21.9 Å². The standard InChI is InChI=1S/C28H31FN4O5/c29-19-9-11-21(12-10-19)30-25(34)17-32-24-15-18(26(35)31-20-5-2-1-3-6-20)8-13-23(24)27(36)33(28(32)37)16-22-7-4-14-38-22/h8-13,15,20,22H,1-7,14,16-17H2,(H,30,34)(H,31,35). The van der Waals surface area contributed by atoms with E-state index < -0.39 is 29.5 Å². The molecule has 9 nitrogen and oxygen atoms in total. The molecule has 2 amide bonds. The van der Waals surface area contributed by atoms with Crippen LogP contribution in [0.1, 0.15) is 55.3 Å². The number of fused-ring (bicyclic) bond motifs is 1. The van der Waals surface area contributed by atoms with Crippen LogP contribution in [-0.2, 0) is 22.6 Å². The van der Waals surface area contributed by atoms with Gasteiger partial charge in [0.05, 0.1) is 23.6 Å². The highest BCUT2D eigenvalue weighted by Gasteiger charge is 2.23. The largest absolute Gasteiger partial charge is 0.376 e. The summed E-state index contributed by atoms with van der Waals surface area (Å²) >= 11 is 0. The monoisotopic (exact) mass is 522 g/mol.